The molecular weight excluding hydrogens is 1150 g/mol. The summed E-state index contributed by atoms with van der Waals surface area (Å²) in [6, 6.07) is 34.0. The van der Waals surface area contributed by atoms with Crippen molar-refractivity contribution < 1.29 is 36.5 Å². The summed E-state index contributed by atoms with van der Waals surface area (Å²) >= 11 is -3.54. The van der Waals surface area contributed by atoms with Gasteiger partial charge in [0.05, 0.1) is 0 Å². The Hall–Kier alpha value is -3.73. The standard InChI is InChI=1S/C40H46N4.2C10H12O.4ClH.2Ru/c1-25-15-27(3)37(28(4)16-25)41-11-13-43(23-41)39-31(7)19-35(20-32(39)8)36-21-33(9)40(34(10)22-36)44-14-12-42(24-44)38-29(5)17-26(2)18-30(38)6;2*1-8(2)11-10-7-5-4-6-9(10)3;;;;;;/h15-22H,11-14H2,1-10H3;2*3-8H,1-2H3;4*1H;;/q;;;;;;;2*+2/p-4. The molecule has 0 aliphatic carbocycles. The van der Waals surface area contributed by atoms with Gasteiger partial charge in [-0.15, -0.1) is 0 Å². The van der Waals surface area contributed by atoms with Crippen LogP contribution in [0.4, 0.5) is 22.7 Å². The van der Waals surface area contributed by atoms with Crippen LogP contribution in [0.1, 0.15) is 94.5 Å². The molecule has 2 saturated heterocycles. The van der Waals surface area contributed by atoms with E-state index in [9.17, 15) is 0 Å². The maximum atomic E-state index is 5.82. The molecule has 0 spiro atoms. The smallest absolute Gasteiger partial charge is 0.208 e. The summed E-state index contributed by atoms with van der Waals surface area (Å²) in [6.45, 7) is 41.3. The molecule has 6 aromatic rings. The van der Waals surface area contributed by atoms with Gasteiger partial charge in [-0.3, -0.25) is 0 Å². The Labute approximate surface area is 458 Å². The molecule has 0 amide bonds. The van der Waals surface area contributed by atoms with Gasteiger partial charge in [0, 0.05) is 48.9 Å². The molecule has 386 valence electrons. The zero-order valence-electron chi connectivity index (χ0n) is 44.2. The summed E-state index contributed by atoms with van der Waals surface area (Å²) in [7, 11) is 23.3. The minimum Gasteiger partial charge on any atom is -0.339 e. The number of hydrogen-bond acceptors (Lipinski definition) is 6. The molecule has 2 fully saturated rings. The second-order valence-corrected chi connectivity index (χ2v) is 30.7. The third-order valence-corrected chi connectivity index (χ3v) is 15.8. The zero-order chi connectivity index (χ0) is 52.6. The van der Waals surface area contributed by atoms with Crippen molar-refractivity contribution in [3.63, 3.8) is 0 Å². The van der Waals surface area contributed by atoms with Gasteiger partial charge >= 0.3 is 196 Å². The van der Waals surface area contributed by atoms with Crippen molar-refractivity contribution in [1.29, 1.82) is 0 Å². The molecule has 6 aromatic carbocycles. The van der Waals surface area contributed by atoms with Crippen molar-refractivity contribution in [3.05, 3.63) is 177 Å². The predicted molar refractivity (Wildman–Crippen MR) is 306 cm³/mol. The summed E-state index contributed by atoms with van der Waals surface area (Å²) < 4.78 is 15.0. The van der Waals surface area contributed by atoms with Crippen molar-refractivity contribution in [2.24, 2.45) is 0 Å². The van der Waals surface area contributed by atoms with Gasteiger partial charge in [0.15, 0.2) is 0 Å². The van der Waals surface area contributed by atoms with E-state index in [1.165, 1.54) is 89.5 Å². The van der Waals surface area contributed by atoms with E-state index in [0.717, 1.165) is 48.8 Å². The number of rotatable bonds is 11. The fourth-order valence-electron chi connectivity index (χ4n) is 9.85. The Morgan fingerprint density at radius 1 is 0.417 bits per heavy atom. The van der Waals surface area contributed by atoms with Gasteiger partial charge in [0.25, 0.3) is 0 Å². The van der Waals surface area contributed by atoms with Crippen molar-refractivity contribution >= 4 is 70.7 Å². The number of aryl methyl sites for hydroxylation is 10. The summed E-state index contributed by atoms with van der Waals surface area (Å²) in [5, 5.41) is 0. The number of ether oxygens (including phenoxy) is 2. The Morgan fingerprint density at radius 3 is 0.917 bits per heavy atom. The Balaban J connectivity index is 0.000000246. The molecule has 0 N–H and O–H groups in total. The Bertz CT molecular complexity index is 2640. The monoisotopic (exact) mass is 1220 g/mol. The molecule has 2 aliphatic heterocycles. The van der Waals surface area contributed by atoms with Crippen molar-refractivity contribution in [2.75, 3.05) is 45.8 Å². The van der Waals surface area contributed by atoms with Crippen LogP contribution in [0.5, 0.6) is 11.5 Å². The first-order valence-corrected chi connectivity index (χ1v) is 35.2. The summed E-state index contributed by atoms with van der Waals surface area (Å²) in [5.74, 6) is 1.70. The maximum Gasteiger partial charge on any atom is 0.208 e. The van der Waals surface area contributed by atoms with Gasteiger partial charge in [-0.2, -0.15) is 0 Å². The van der Waals surface area contributed by atoms with Gasteiger partial charge in [-0.25, -0.2) is 0 Å². The molecule has 0 unspecified atom stereocenters. The van der Waals surface area contributed by atoms with Gasteiger partial charge in [-0.05, 0) is 149 Å². The number of para-hydroxylation sites is 2. The number of anilines is 4. The largest absolute Gasteiger partial charge is 0.339 e. The van der Waals surface area contributed by atoms with E-state index in [-0.39, 0.29) is 12.2 Å². The van der Waals surface area contributed by atoms with Crippen LogP contribution in [0.2, 0.25) is 0 Å². The third kappa shape index (κ3) is 15.2. The fraction of sp³-hybridized carbons (Fsp3) is 0.333. The van der Waals surface area contributed by atoms with Crippen LogP contribution in [0, 0.1) is 82.6 Å². The molecule has 8 rings (SSSR count). The molecule has 4 radical (unpaired) electrons. The first kappa shape index (κ1) is 57.5. The van der Waals surface area contributed by atoms with Crippen LogP contribution in [-0.4, -0.2) is 47.6 Å². The van der Waals surface area contributed by atoms with Crippen molar-refractivity contribution in [1.82, 2.24) is 0 Å². The molecule has 0 atom stereocenters. The minimum absolute atomic E-state index is 0.163. The van der Waals surface area contributed by atoms with E-state index in [1.807, 2.05) is 85.4 Å². The van der Waals surface area contributed by atoms with Crippen molar-refractivity contribution in [3.8, 4) is 22.6 Å². The molecule has 0 saturated carbocycles. The molecule has 0 bridgehead atoms. The van der Waals surface area contributed by atoms with Gasteiger partial charge in [-0.1, -0.05) is 35.4 Å². The maximum absolute atomic E-state index is 5.82. The third-order valence-electron chi connectivity index (χ3n) is 12.2. The number of halogens is 4. The van der Waals surface area contributed by atoms with Crippen LogP contribution in [0.15, 0.2) is 97.1 Å². The van der Waals surface area contributed by atoms with Crippen LogP contribution in [0.3, 0.4) is 0 Å². The van der Waals surface area contributed by atoms with Crippen LogP contribution in [0.25, 0.3) is 11.1 Å². The number of benzene rings is 6. The predicted octanol–water partition coefficient (Wildman–Crippen LogP) is 16.2. The zero-order valence-corrected chi connectivity index (χ0v) is 50.7. The number of hydrogen-bond donors (Lipinski definition) is 0. The second kappa shape index (κ2) is 26.2. The normalized spacial score (nSPS) is 13.7. The van der Waals surface area contributed by atoms with E-state index >= 15 is 0 Å². The fourth-order valence-corrected chi connectivity index (χ4v) is 13.5. The van der Waals surface area contributed by atoms with Crippen LogP contribution < -0.4 is 29.1 Å². The second-order valence-electron chi connectivity index (χ2n) is 19.2. The van der Waals surface area contributed by atoms with Gasteiger partial charge in [0.2, 0.25) is 13.3 Å². The van der Waals surface area contributed by atoms with Gasteiger partial charge in [0.1, 0.15) is 0 Å². The average Bonchev–Trinajstić information content (AvgIpc) is 3.94. The molecule has 72 heavy (non-hydrogen) atoms. The SMILES string of the molecule is CC(C)Oc1ccccc1[CH]=[Ru]([Cl])[Cl].CC(C)Oc1ccccc1[CH]=[Ru]([Cl])[Cl].Cc1cc(C)c(N2[C]N(c3c(C)cc(-c4cc(C)c(N5[C]N(c6c(C)cc(C)cc6C)CC5)c(C)c4)cc3C)CC2)c(C)c1. The summed E-state index contributed by atoms with van der Waals surface area (Å²) in [6.07, 6.45) is 0.326. The Morgan fingerprint density at radius 2 is 0.667 bits per heavy atom. The first-order chi connectivity index (χ1) is 34.1. The number of nitrogens with zero attached hydrogens (tertiary/aromatic N) is 4. The molecular formula is C60H70Cl4N4O2Ru2. The minimum atomic E-state index is -1.77. The van der Waals surface area contributed by atoms with E-state index in [0.29, 0.717) is 0 Å². The van der Waals surface area contributed by atoms with Crippen LogP contribution in [-0.2, 0) is 27.0 Å². The topological polar surface area (TPSA) is 31.4 Å². The molecule has 12 heteroatoms. The summed E-state index contributed by atoms with van der Waals surface area (Å²) in [4.78, 5) is 9.23. The van der Waals surface area contributed by atoms with E-state index < -0.39 is 27.0 Å². The van der Waals surface area contributed by atoms with E-state index in [4.69, 9.17) is 48.2 Å². The molecule has 6 nitrogen and oxygen atoms in total. The Kier molecular flexibility index (Phi) is 20.9. The molecule has 2 heterocycles. The molecule has 2 aliphatic rings. The van der Waals surface area contributed by atoms with Crippen LogP contribution >= 0.6 is 38.8 Å². The summed E-state index contributed by atoms with van der Waals surface area (Å²) in [5.41, 5.74) is 22.6. The quantitative estimate of drug-likeness (QED) is 0.120. The van der Waals surface area contributed by atoms with E-state index in [1.54, 1.807) is 0 Å². The molecule has 0 aromatic heterocycles. The van der Waals surface area contributed by atoms with E-state index in [2.05, 4.69) is 151 Å². The van der Waals surface area contributed by atoms with Crippen molar-refractivity contribution in [2.45, 2.75) is 109 Å². The average molecular weight is 1220 g/mol. The first-order valence-electron chi connectivity index (χ1n) is 24.3. The van der Waals surface area contributed by atoms with Gasteiger partial charge < -0.3 is 19.6 Å².